The second-order valence-corrected chi connectivity index (χ2v) is 12.7. The number of hydrogen-bond donors (Lipinski definition) is 3. The molecule has 228 valence electrons. The number of nitrogens with zero attached hydrogens (tertiary/aromatic N) is 1. The highest BCUT2D eigenvalue weighted by Crippen LogP contribution is 2.38. The third-order valence-electron chi connectivity index (χ3n) is 5.81. The van der Waals surface area contributed by atoms with Gasteiger partial charge in [0.15, 0.2) is 11.9 Å². The summed E-state index contributed by atoms with van der Waals surface area (Å²) in [4.78, 5) is 64.2. The molecule has 1 heterocycles. The Hall–Kier alpha value is -1.36. The zero-order valence-corrected chi connectivity index (χ0v) is 29.7. The molecule has 1 aliphatic rings. The summed E-state index contributed by atoms with van der Waals surface area (Å²) in [5.41, 5.74) is 0.462. The second kappa shape index (κ2) is 15.4. The maximum Gasteiger partial charge on any atom is 0.303 e. The summed E-state index contributed by atoms with van der Waals surface area (Å²) in [7, 11) is 1.44. The maximum absolute atomic E-state index is 13.7. The lowest BCUT2D eigenvalue weighted by molar-refractivity contribution is -0.203. The molecule has 0 aliphatic carbocycles. The van der Waals surface area contributed by atoms with E-state index in [1.54, 1.807) is 13.8 Å². The summed E-state index contributed by atoms with van der Waals surface area (Å²) in [6.07, 6.45) is -2.11. The van der Waals surface area contributed by atoms with Crippen molar-refractivity contribution in [3.63, 3.8) is 0 Å². The standard InChI is InChI=1S/C25H32I3N3O10/c1-11(32)31(7-14(41-13(3)34)8-38-12(2)33)22-20(27)17(23(36)29-6)19(26)18(21(22)28)24(37)30-15-9-39-25(4,5)40-10-16(15)35/h14-16,35H,7-10H2,1-6H3,(H,29,36)(H,30,37)/t14?,15-,16+/m0/s1. The van der Waals surface area contributed by atoms with Crippen LogP contribution in [0.2, 0.25) is 0 Å². The minimum Gasteiger partial charge on any atom is -0.462 e. The number of anilines is 1. The van der Waals surface area contributed by atoms with Gasteiger partial charge in [0.2, 0.25) is 5.91 Å². The van der Waals surface area contributed by atoms with Gasteiger partial charge in [0.1, 0.15) is 6.61 Å². The van der Waals surface area contributed by atoms with Crippen molar-refractivity contribution in [1.29, 1.82) is 0 Å². The molecule has 3 amide bonds. The number of carbonyl (C=O) groups excluding carboxylic acids is 5. The minimum atomic E-state index is -1.07. The van der Waals surface area contributed by atoms with E-state index < -0.39 is 53.7 Å². The molecule has 0 spiro atoms. The maximum atomic E-state index is 13.7. The normalized spacial score (nSPS) is 18.9. The molecule has 3 N–H and O–H groups in total. The van der Waals surface area contributed by atoms with Crippen LogP contribution >= 0.6 is 67.8 Å². The van der Waals surface area contributed by atoms with E-state index in [0.29, 0.717) is 10.7 Å². The molecule has 1 unspecified atom stereocenters. The molecule has 13 nitrogen and oxygen atoms in total. The average molecular weight is 915 g/mol. The number of ether oxygens (including phenoxy) is 4. The van der Waals surface area contributed by atoms with Crippen molar-refractivity contribution < 1.29 is 48.0 Å². The van der Waals surface area contributed by atoms with E-state index in [1.165, 1.54) is 32.7 Å². The monoisotopic (exact) mass is 915 g/mol. The molecule has 0 aromatic heterocycles. The van der Waals surface area contributed by atoms with E-state index in [0.717, 1.165) is 0 Å². The van der Waals surface area contributed by atoms with Crippen molar-refractivity contribution in [1.82, 2.24) is 10.6 Å². The third kappa shape index (κ3) is 9.57. The Kier molecular flexibility index (Phi) is 13.5. The number of nitrogens with one attached hydrogen (secondary N) is 2. The number of halogens is 3. The number of aliphatic hydroxyl groups is 1. The summed E-state index contributed by atoms with van der Waals surface area (Å²) in [6.45, 7) is 6.38. The van der Waals surface area contributed by atoms with Gasteiger partial charge in [-0.05, 0) is 81.6 Å². The number of carbonyl (C=O) groups is 5. The molecule has 41 heavy (non-hydrogen) atoms. The van der Waals surface area contributed by atoms with Crippen LogP contribution in [0.4, 0.5) is 5.69 Å². The van der Waals surface area contributed by atoms with Crippen LogP contribution in [-0.2, 0) is 33.3 Å². The van der Waals surface area contributed by atoms with Crippen molar-refractivity contribution in [3.8, 4) is 0 Å². The molecular weight excluding hydrogens is 883 g/mol. The Morgan fingerprint density at radius 2 is 1.54 bits per heavy atom. The largest absolute Gasteiger partial charge is 0.462 e. The van der Waals surface area contributed by atoms with Crippen LogP contribution < -0.4 is 15.5 Å². The zero-order valence-electron chi connectivity index (χ0n) is 23.3. The lowest BCUT2D eigenvalue weighted by Crippen LogP contribution is -2.47. The van der Waals surface area contributed by atoms with Crippen molar-refractivity contribution >= 4 is 103 Å². The Morgan fingerprint density at radius 1 is 0.976 bits per heavy atom. The van der Waals surface area contributed by atoms with Gasteiger partial charge in [0.05, 0.1) is 55.9 Å². The van der Waals surface area contributed by atoms with E-state index in [2.05, 4.69) is 10.6 Å². The average Bonchev–Trinajstić information content (AvgIpc) is 2.98. The van der Waals surface area contributed by atoms with Crippen LogP contribution in [-0.4, -0.2) is 92.2 Å². The van der Waals surface area contributed by atoms with E-state index >= 15 is 0 Å². The molecule has 0 bridgehead atoms. The van der Waals surface area contributed by atoms with Crippen LogP contribution in [0.1, 0.15) is 55.3 Å². The SMILES string of the molecule is CNC(=O)c1c(I)c(C(=O)N[C@H]2COC(C)(C)OC[C@H]2O)c(I)c(N(CC(COC(C)=O)OC(C)=O)C(C)=O)c1I. The minimum absolute atomic E-state index is 0.0353. The first-order valence-corrected chi connectivity index (χ1v) is 15.5. The van der Waals surface area contributed by atoms with Gasteiger partial charge in [-0.25, -0.2) is 0 Å². The number of esters is 2. The summed E-state index contributed by atoms with van der Waals surface area (Å²) >= 11 is 5.74. The number of hydrogen-bond acceptors (Lipinski definition) is 10. The fraction of sp³-hybridized carbons (Fsp3) is 0.560. The van der Waals surface area contributed by atoms with Gasteiger partial charge in [0, 0.05) is 31.4 Å². The molecule has 2 rings (SSSR count). The molecule has 3 atom stereocenters. The predicted molar refractivity (Wildman–Crippen MR) is 171 cm³/mol. The van der Waals surface area contributed by atoms with Gasteiger partial charge >= 0.3 is 11.9 Å². The van der Waals surface area contributed by atoms with Crippen LogP contribution in [0.5, 0.6) is 0 Å². The van der Waals surface area contributed by atoms with Crippen molar-refractivity contribution in [2.45, 2.75) is 58.7 Å². The van der Waals surface area contributed by atoms with Gasteiger partial charge in [0.25, 0.3) is 11.8 Å². The molecule has 1 aromatic rings. The van der Waals surface area contributed by atoms with Gasteiger partial charge in [-0.2, -0.15) is 0 Å². The Morgan fingerprint density at radius 3 is 2.05 bits per heavy atom. The molecule has 0 radical (unpaired) electrons. The van der Waals surface area contributed by atoms with E-state index in [-0.39, 0.29) is 43.2 Å². The summed E-state index contributed by atoms with van der Waals surface area (Å²) in [6, 6.07) is -0.831. The summed E-state index contributed by atoms with van der Waals surface area (Å²) < 4.78 is 22.5. The van der Waals surface area contributed by atoms with Gasteiger partial charge in [-0.15, -0.1) is 0 Å². The van der Waals surface area contributed by atoms with E-state index in [9.17, 15) is 29.1 Å². The van der Waals surface area contributed by atoms with Crippen LogP contribution in [0.3, 0.4) is 0 Å². The van der Waals surface area contributed by atoms with Crippen molar-refractivity contribution in [2.75, 3.05) is 38.3 Å². The Bertz CT molecular complexity index is 1210. The Balaban J connectivity index is 2.66. The third-order valence-corrected chi connectivity index (χ3v) is 8.99. The topological polar surface area (TPSA) is 170 Å². The zero-order chi connectivity index (χ0) is 31.2. The number of rotatable bonds is 9. The first-order valence-electron chi connectivity index (χ1n) is 12.3. The number of benzene rings is 1. The van der Waals surface area contributed by atoms with E-state index in [1.807, 2.05) is 67.8 Å². The molecule has 0 saturated carbocycles. The Labute approximate surface area is 278 Å². The van der Waals surface area contributed by atoms with E-state index in [4.69, 9.17) is 18.9 Å². The number of aliphatic hydroxyl groups excluding tert-OH is 1. The molecule has 1 aromatic carbocycles. The highest BCUT2D eigenvalue weighted by Gasteiger charge is 2.36. The van der Waals surface area contributed by atoms with Crippen LogP contribution in [0.15, 0.2) is 0 Å². The fourth-order valence-corrected chi connectivity index (χ4v) is 8.51. The van der Waals surface area contributed by atoms with Gasteiger partial charge in [-0.1, -0.05) is 0 Å². The summed E-state index contributed by atoms with van der Waals surface area (Å²) in [5.74, 6) is -3.82. The summed E-state index contributed by atoms with van der Waals surface area (Å²) in [5, 5.41) is 15.9. The second-order valence-electron chi connectivity index (χ2n) is 9.45. The van der Waals surface area contributed by atoms with Crippen molar-refractivity contribution in [2.24, 2.45) is 0 Å². The van der Waals surface area contributed by atoms with Gasteiger partial charge in [-0.3, -0.25) is 24.0 Å². The first kappa shape index (κ1) is 35.8. The highest BCUT2D eigenvalue weighted by molar-refractivity contribution is 14.1. The molecular formula is C25H32I3N3O10. The highest BCUT2D eigenvalue weighted by atomic mass is 127. The van der Waals surface area contributed by atoms with Gasteiger partial charge < -0.3 is 39.6 Å². The smallest absolute Gasteiger partial charge is 0.303 e. The van der Waals surface area contributed by atoms with Crippen LogP contribution in [0.25, 0.3) is 0 Å². The molecule has 1 saturated heterocycles. The van der Waals surface area contributed by atoms with Crippen LogP contribution in [0, 0.1) is 10.7 Å². The first-order chi connectivity index (χ1) is 19.0. The molecule has 16 heteroatoms. The predicted octanol–water partition coefficient (Wildman–Crippen LogP) is 1.95. The lowest BCUT2D eigenvalue weighted by Gasteiger charge is -2.30. The fourth-order valence-electron chi connectivity index (χ4n) is 3.79. The van der Waals surface area contributed by atoms with Crippen molar-refractivity contribution in [3.05, 3.63) is 21.8 Å². The quantitative estimate of drug-likeness (QED) is 0.246. The lowest BCUT2D eigenvalue weighted by atomic mass is 10.1. The molecule has 1 fully saturated rings. The number of amides is 3. The molecule has 1 aliphatic heterocycles.